The molecule has 2 aliphatic heterocycles. The third-order valence-corrected chi connectivity index (χ3v) is 6.54. The molecule has 6 heteroatoms. The number of thiol groups is 1. The molecule has 0 saturated heterocycles. The number of benzene rings is 1. The van der Waals surface area contributed by atoms with E-state index in [2.05, 4.69) is 72.2 Å². The summed E-state index contributed by atoms with van der Waals surface area (Å²) in [5, 5.41) is 6.12. The number of hydrogen-bond acceptors (Lipinski definition) is 3. The monoisotopic (exact) mass is 430 g/mol. The zero-order valence-electron chi connectivity index (χ0n) is 18.3. The van der Waals surface area contributed by atoms with E-state index in [9.17, 15) is 9.59 Å². The summed E-state index contributed by atoms with van der Waals surface area (Å²) < 4.78 is 2.34. The van der Waals surface area contributed by atoms with Crippen LogP contribution in [-0.2, 0) is 9.59 Å². The molecule has 0 saturated carbocycles. The third kappa shape index (κ3) is 5.87. The summed E-state index contributed by atoms with van der Waals surface area (Å²) in [6.07, 6.45) is 7.98. The number of carbonyl (C=O) groups is 2. The summed E-state index contributed by atoms with van der Waals surface area (Å²) in [5.74, 6) is 0.704. The van der Waals surface area contributed by atoms with E-state index in [1.54, 1.807) is 0 Å². The zero-order valence-corrected chi connectivity index (χ0v) is 19.2. The van der Waals surface area contributed by atoms with Crippen molar-refractivity contribution in [2.75, 3.05) is 18.8 Å². The predicted molar refractivity (Wildman–Crippen MR) is 125 cm³/mol. The van der Waals surface area contributed by atoms with Gasteiger partial charge in [0.2, 0.25) is 17.5 Å². The second kappa shape index (κ2) is 11.0. The molecular formula is C24H36N3O2S+. The van der Waals surface area contributed by atoms with Crippen LogP contribution in [0.2, 0.25) is 0 Å². The van der Waals surface area contributed by atoms with E-state index in [0.717, 1.165) is 38.6 Å². The highest BCUT2D eigenvalue weighted by molar-refractivity contribution is 7.80. The standard InChI is InChI=1S/C24H35N3O2S/c1-17(2)13-19(16-30)23(28)26-21-14-18-15-27(22-10-6-5-9-20(18)22)12-8-4-3-7-11-25-24(21)29/h5-6,9-10,15,17-19,21H,3-4,7-8,11-14,16H2,1-2H3,(H2-,25,26,28,29,30)/p+1/t18?,19?,21-/m0/s1. The molecule has 1 aromatic carbocycles. The van der Waals surface area contributed by atoms with Crippen molar-refractivity contribution in [2.24, 2.45) is 11.8 Å². The molecule has 2 amide bonds. The Labute approximate surface area is 186 Å². The van der Waals surface area contributed by atoms with Crippen LogP contribution in [0.4, 0.5) is 5.69 Å². The van der Waals surface area contributed by atoms with Gasteiger partial charge in [0.25, 0.3) is 0 Å². The molecule has 0 radical (unpaired) electrons. The molecule has 0 aliphatic carbocycles. The highest BCUT2D eigenvalue weighted by atomic mass is 32.1. The number of nitrogens with zero attached hydrogens (tertiary/aromatic N) is 1. The molecule has 2 unspecified atom stereocenters. The van der Waals surface area contributed by atoms with Crippen molar-refractivity contribution in [1.29, 1.82) is 0 Å². The fraction of sp³-hybridized carbons (Fsp3) is 0.625. The highest BCUT2D eigenvalue weighted by Gasteiger charge is 2.35. The van der Waals surface area contributed by atoms with Crippen LogP contribution in [0.3, 0.4) is 0 Å². The smallest absolute Gasteiger partial charge is 0.242 e. The molecule has 3 atom stereocenters. The van der Waals surface area contributed by atoms with E-state index in [1.165, 1.54) is 11.3 Å². The van der Waals surface area contributed by atoms with E-state index < -0.39 is 6.04 Å². The van der Waals surface area contributed by atoms with Gasteiger partial charge in [-0.1, -0.05) is 38.5 Å². The molecule has 0 fully saturated rings. The number of para-hydroxylation sites is 1. The van der Waals surface area contributed by atoms with Gasteiger partial charge in [-0.15, -0.1) is 0 Å². The molecule has 0 aromatic heterocycles. The first-order valence-corrected chi connectivity index (χ1v) is 12.0. The van der Waals surface area contributed by atoms with Crippen molar-refractivity contribution < 1.29 is 14.2 Å². The Balaban J connectivity index is 1.82. The minimum absolute atomic E-state index is 0.0636. The maximum atomic E-state index is 13.0. The normalized spacial score (nSPS) is 23.3. The Morgan fingerprint density at radius 2 is 2.00 bits per heavy atom. The molecule has 2 heterocycles. The van der Waals surface area contributed by atoms with Gasteiger partial charge in [0.15, 0.2) is 6.21 Å². The van der Waals surface area contributed by atoms with Gasteiger partial charge in [0.1, 0.15) is 12.6 Å². The van der Waals surface area contributed by atoms with Crippen LogP contribution >= 0.6 is 12.6 Å². The van der Waals surface area contributed by atoms with Crippen LogP contribution in [0.15, 0.2) is 24.3 Å². The second-order valence-electron chi connectivity index (χ2n) is 9.02. The number of hydrogen-bond donors (Lipinski definition) is 3. The Morgan fingerprint density at radius 1 is 1.23 bits per heavy atom. The fourth-order valence-corrected chi connectivity index (χ4v) is 4.84. The topological polar surface area (TPSA) is 61.2 Å². The van der Waals surface area contributed by atoms with E-state index in [4.69, 9.17) is 0 Å². The van der Waals surface area contributed by atoms with Gasteiger partial charge in [-0.25, -0.2) is 4.58 Å². The first-order valence-electron chi connectivity index (χ1n) is 11.4. The van der Waals surface area contributed by atoms with Crippen molar-refractivity contribution in [3.8, 4) is 0 Å². The maximum absolute atomic E-state index is 13.0. The fourth-order valence-electron chi connectivity index (χ4n) is 4.53. The molecule has 1 aromatic rings. The van der Waals surface area contributed by atoms with Gasteiger partial charge in [-0.2, -0.15) is 12.6 Å². The molecule has 0 spiro atoms. The quantitative estimate of drug-likeness (QED) is 0.493. The average Bonchev–Trinajstić information content (AvgIpc) is 3.08. The van der Waals surface area contributed by atoms with Gasteiger partial charge in [-0.05, 0) is 31.6 Å². The second-order valence-corrected chi connectivity index (χ2v) is 9.38. The van der Waals surface area contributed by atoms with E-state index in [0.29, 0.717) is 24.6 Å². The van der Waals surface area contributed by atoms with E-state index >= 15 is 0 Å². The number of nitrogens with one attached hydrogen (secondary N) is 2. The average molecular weight is 431 g/mol. The first-order chi connectivity index (χ1) is 14.5. The Hall–Kier alpha value is -1.82. The lowest BCUT2D eigenvalue weighted by atomic mass is 9.92. The number of rotatable bonds is 5. The molecule has 2 bridgehead atoms. The first kappa shape index (κ1) is 22.9. The minimum Gasteiger partial charge on any atom is -0.354 e. The van der Waals surface area contributed by atoms with Crippen molar-refractivity contribution in [3.05, 3.63) is 29.8 Å². The molecule has 164 valence electrons. The van der Waals surface area contributed by atoms with Crippen molar-refractivity contribution in [1.82, 2.24) is 10.6 Å². The predicted octanol–water partition coefficient (Wildman–Crippen LogP) is 3.66. The van der Waals surface area contributed by atoms with Crippen molar-refractivity contribution >= 4 is 36.3 Å². The lowest BCUT2D eigenvalue weighted by molar-refractivity contribution is -0.433. The largest absolute Gasteiger partial charge is 0.354 e. The lowest BCUT2D eigenvalue weighted by Crippen LogP contribution is -2.49. The van der Waals surface area contributed by atoms with Gasteiger partial charge >= 0.3 is 0 Å². The Kier molecular flexibility index (Phi) is 8.37. The summed E-state index contributed by atoms with van der Waals surface area (Å²) >= 11 is 4.38. The SMILES string of the molecule is CC(C)CC(CS)C(=O)N[C@H]1CC2C=[N+](CCCCCCNC1=O)c1ccccc12. The van der Waals surface area contributed by atoms with E-state index in [1.807, 2.05) is 0 Å². The van der Waals surface area contributed by atoms with Crippen molar-refractivity contribution in [2.45, 2.75) is 64.3 Å². The van der Waals surface area contributed by atoms with Gasteiger partial charge in [0, 0.05) is 36.3 Å². The third-order valence-electron chi connectivity index (χ3n) is 6.10. The number of fused-ring (bicyclic) bond motifs is 4. The van der Waals surface area contributed by atoms with Crippen LogP contribution in [0.25, 0.3) is 0 Å². The van der Waals surface area contributed by atoms with Crippen LogP contribution < -0.4 is 10.6 Å². The van der Waals surface area contributed by atoms with E-state index in [-0.39, 0.29) is 23.7 Å². The molecule has 30 heavy (non-hydrogen) atoms. The highest BCUT2D eigenvalue weighted by Crippen LogP contribution is 2.34. The lowest BCUT2D eigenvalue weighted by Gasteiger charge is -2.23. The summed E-state index contributed by atoms with van der Waals surface area (Å²) in [7, 11) is 0. The Bertz CT molecular complexity index is 777. The summed E-state index contributed by atoms with van der Waals surface area (Å²) in [5.41, 5.74) is 2.48. The zero-order chi connectivity index (χ0) is 21.5. The van der Waals surface area contributed by atoms with Gasteiger partial charge < -0.3 is 10.6 Å². The van der Waals surface area contributed by atoms with Crippen LogP contribution in [0.5, 0.6) is 0 Å². The van der Waals surface area contributed by atoms with Gasteiger partial charge in [0.05, 0.1) is 5.92 Å². The summed E-state index contributed by atoms with van der Waals surface area (Å²) in [6, 6.07) is 7.89. The number of amides is 2. The molecular weight excluding hydrogens is 394 g/mol. The molecule has 2 N–H and O–H groups in total. The minimum atomic E-state index is -0.540. The summed E-state index contributed by atoms with van der Waals surface area (Å²) in [4.78, 5) is 25.9. The Morgan fingerprint density at radius 3 is 2.77 bits per heavy atom. The maximum Gasteiger partial charge on any atom is 0.242 e. The molecule has 5 nitrogen and oxygen atoms in total. The van der Waals surface area contributed by atoms with Crippen molar-refractivity contribution in [3.63, 3.8) is 0 Å². The number of carbonyl (C=O) groups excluding carboxylic acids is 2. The van der Waals surface area contributed by atoms with Crippen LogP contribution in [0.1, 0.15) is 63.9 Å². The van der Waals surface area contributed by atoms with Crippen LogP contribution in [-0.4, -0.2) is 47.5 Å². The summed E-state index contributed by atoms with van der Waals surface area (Å²) in [6.45, 7) is 5.88. The molecule has 3 rings (SSSR count). The molecule has 2 aliphatic rings. The van der Waals surface area contributed by atoms with Gasteiger partial charge in [-0.3, -0.25) is 9.59 Å². The van der Waals surface area contributed by atoms with Crippen LogP contribution in [0, 0.1) is 11.8 Å².